The smallest absolute Gasteiger partial charge is 0.244 e. The van der Waals surface area contributed by atoms with E-state index in [-0.39, 0.29) is 11.8 Å². The van der Waals surface area contributed by atoms with Crippen LogP contribution in [0.3, 0.4) is 0 Å². The van der Waals surface area contributed by atoms with Crippen LogP contribution < -0.4 is 5.43 Å². The quantitative estimate of drug-likeness (QED) is 0.865. The lowest BCUT2D eigenvalue weighted by Gasteiger charge is -2.20. The number of benzene rings is 1. The molecule has 1 heterocycles. The minimum Gasteiger partial charge on any atom is -0.296 e. The molecule has 1 saturated heterocycles. The van der Waals surface area contributed by atoms with Crippen molar-refractivity contribution in [2.75, 3.05) is 12.0 Å². The molecule has 3 nitrogen and oxygen atoms in total. The van der Waals surface area contributed by atoms with Crippen LogP contribution in [0.25, 0.3) is 0 Å². The Balaban J connectivity index is 2.02. The van der Waals surface area contributed by atoms with E-state index in [1.165, 1.54) is 5.56 Å². The van der Waals surface area contributed by atoms with E-state index in [1.807, 2.05) is 31.2 Å². The van der Waals surface area contributed by atoms with Crippen LogP contribution in [0.5, 0.6) is 0 Å². The first-order valence-electron chi connectivity index (χ1n) is 6.36. The zero-order valence-corrected chi connectivity index (χ0v) is 10.6. The van der Waals surface area contributed by atoms with Crippen molar-refractivity contribution in [3.8, 4) is 0 Å². The second kappa shape index (κ2) is 5.21. The lowest BCUT2D eigenvalue weighted by atomic mass is 10.0. The van der Waals surface area contributed by atoms with E-state index in [0.717, 1.165) is 31.5 Å². The highest BCUT2D eigenvalue weighted by Gasteiger charge is 2.30. The summed E-state index contributed by atoms with van der Waals surface area (Å²) in [7, 11) is 0. The summed E-state index contributed by atoms with van der Waals surface area (Å²) in [4.78, 5) is 12.1. The minimum atomic E-state index is 0.219. The van der Waals surface area contributed by atoms with Crippen molar-refractivity contribution in [3.63, 3.8) is 0 Å². The molecular weight excluding hydrogens is 212 g/mol. The lowest BCUT2D eigenvalue weighted by Crippen LogP contribution is -2.33. The summed E-state index contributed by atoms with van der Waals surface area (Å²) in [6.07, 6.45) is 3.06. The molecule has 0 bridgehead atoms. The van der Waals surface area contributed by atoms with Gasteiger partial charge in [0.1, 0.15) is 0 Å². The third kappa shape index (κ3) is 2.60. The fraction of sp³-hybridized carbons (Fsp3) is 0.500. The number of nitrogens with one attached hydrogen (secondary N) is 1. The monoisotopic (exact) mass is 232 g/mol. The molecule has 0 aromatic heterocycles. The van der Waals surface area contributed by atoms with Crippen LogP contribution in [0, 0.1) is 12.8 Å². The molecule has 1 unspecified atom stereocenters. The van der Waals surface area contributed by atoms with Crippen LogP contribution in [0.2, 0.25) is 0 Å². The van der Waals surface area contributed by atoms with Crippen LogP contribution in [-0.4, -0.2) is 17.5 Å². The Bertz CT molecular complexity index is 403. The number of nitrogens with zero attached hydrogens (tertiary/aromatic N) is 1. The Morgan fingerprint density at radius 2 is 2.18 bits per heavy atom. The molecule has 0 spiro atoms. The fourth-order valence-electron chi connectivity index (χ4n) is 2.31. The third-order valence-electron chi connectivity index (χ3n) is 3.35. The number of rotatable bonds is 4. The van der Waals surface area contributed by atoms with Gasteiger partial charge in [-0.3, -0.25) is 15.2 Å². The number of carbonyl (C=O) groups excluding carboxylic acids is 1. The largest absolute Gasteiger partial charge is 0.296 e. The fourth-order valence-corrected chi connectivity index (χ4v) is 2.31. The van der Waals surface area contributed by atoms with E-state index in [4.69, 9.17) is 0 Å². The molecule has 17 heavy (non-hydrogen) atoms. The van der Waals surface area contributed by atoms with Crippen molar-refractivity contribution < 1.29 is 4.79 Å². The first-order valence-corrected chi connectivity index (χ1v) is 6.36. The summed E-state index contributed by atoms with van der Waals surface area (Å²) in [5.74, 6) is 0.464. The van der Waals surface area contributed by atoms with Gasteiger partial charge in [-0.25, -0.2) is 0 Å². The maximum atomic E-state index is 12.1. The number of hydrogen-bond donors (Lipinski definition) is 1. The van der Waals surface area contributed by atoms with Crippen molar-refractivity contribution in [1.29, 1.82) is 0 Å². The Morgan fingerprint density at radius 3 is 2.88 bits per heavy atom. The summed E-state index contributed by atoms with van der Waals surface area (Å²) in [6, 6.07) is 8.05. The highest BCUT2D eigenvalue weighted by atomic mass is 16.2. The highest BCUT2D eigenvalue weighted by Crippen LogP contribution is 2.24. The van der Waals surface area contributed by atoms with Crippen molar-refractivity contribution in [2.45, 2.75) is 33.1 Å². The molecule has 0 saturated carbocycles. The number of hydrazine groups is 1. The third-order valence-corrected chi connectivity index (χ3v) is 3.35. The number of para-hydroxylation sites is 1. The normalized spacial score (nSPS) is 19.8. The van der Waals surface area contributed by atoms with Gasteiger partial charge in [-0.05, 0) is 31.4 Å². The average molecular weight is 232 g/mol. The standard InChI is InChI=1S/C14H20N2O/c1-3-6-12-9-10-16(14(12)17)15-13-8-5-4-7-11(13)2/h4-5,7-8,12,15H,3,6,9-10H2,1-2H3. The van der Waals surface area contributed by atoms with Crippen molar-refractivity contribution >= 4 is 11.6 Å². The van der Waals surface area contributed by atoms with Crippen LogP contribution in [0.4, 0.5) is 5.69 Å². The zero-order valence-electron chi connectivity index (χ0n) is 10.6. The zero-order chi connectivity index (χ0) is 12.3. The van der Waals surface area contributed by atoms with Gasteiger partial charge >= 0.3 is 0 Å². The number of carbonyl (C=O) groups is 1. The predicted molar refractivity (Wildman–Crippen MR) is 69.5 cm³/mol. The van der Waals surface area contributed by atoms with E-state index in [9.17, 15) is 4.79 Å². The van der Waals surface area contributed by atoms with Crippen LogP contribution in [0.1, 0.15) is 31.7 Å². The van der Waals surface area contributed by atoms with Gasteiger partial charge in [0.15, 0.2) is 0 Å². The van der Waals surface area contributed by atoms with Gasteiger partial charge in [0.25, 0.3) is 0 Å². The molecule has 1 fully saturated rings. The Kier molecular flexibility index (Phi) is 3.67. The summed E-state index contributed by atoms with van der Waals surface area (Å²) >= 11 is 0. The van der Waals surface area contributed by atoms with Gasteiger partial charge in [0, 0.05) is 12.5 Å². The summed E-state index contributed by atoms with van der Waals surface area (Å²) < 4.78 is 0. The van der Waals surface area contributed by atoms with Gasteiger partial charge in [0.2, 0.25) is 5.91 Å². The van der Waals surface area contributed by atoms with Crippen molar-refractivity contribution in [2.24, 2.45) is 5.92 Å². The molecule has 1 aromatic carbocycles. The minimum absolute atomic E-state index is 0.219. The van der Waals surface area contributed by atoms with E-state index >= 15 is 0 Å². The second-order valence-electron chi connectivity index (χ2n) is 4.69. The Labute approximate surface area is 103 Å². The summed E-state index contributed by atoms with van der Waals surface area (Å²) in [5, 5.41) is 1.77. The first kappa shape index (κ1) is 12.0. The van der Waals surface area contributed by atoms with Crippen LogP contribution in [0.15, 0.2) is 24.3 Å². The highest BCUT2D eigenvalue weighted by molar-refractivity contribution is 5.82. The Morgan fingerprint density at radius 1 is 1.41 bits per heavy atom. The van der Waals surface area contributed by atoms with Gasteiger partial charge in [0.05, 0.1) is 5.69 Å². The number of amides is 1. The summed E-state index contributed by atoms with van der Waals surface area (Å²) in [5.41, 5.74) is 5.42. The van der Waals surface area contributed by atoms with E-state index in [2.05, 4.69) is 12.3 Å². The topological polar surface area (TPSA) is 32.3 Å². The Hall–Kier alpha value is -1.51. The molecule has 1 atom stereocenters. The maximum Gasteiger partial charge on any atom is 0.244 e. The van der Waals surface area contributed by atoms with E-state index < -0.39 is 0 Å². The number of aryl methyl sites for hydroxylation is 1. The molecule has 1 aliphatic rings. The molecule has 2 rings (SSSR count). The molecule has 1 aromatic rings. The van der Waals surface area contributed by atoms with Crippen molar-refractivity contribution in [1.82, 2.24) is 5.01 Å². The molecule has 92 valence electrons. The average Bonchev–Trinajstić information content (AvgIpc) is 2.65. The first-order chi connectivity index (χ1) is 8.22. The van der Waals surface area contributed by atoms with E-state index in [0.29, 0.717) is 0 Å². The molecular formula is C14H20N2O. The molecule has 0 aliphatic carbocycles. The van der Waals surface area contributed by atoms with Gasteiger partial charge < -0.3 is 0 Å². The van der Waals surface area contributed by atoms with Crippen molar-refractivity contribution in [3.05, 3.63) is 29.8 Å². The SMILES string of the molecule is CCCC1CCN(Nc2ccccc2C)C1=O. The maximum absolute atomic E-state index is 12.1. The van der Waals surface area contributed by atoms with Crippen LogP contribution in [-0.2, 0) is 4.79 Å². The summed E-state index contributed by atoms with van der Waals surface area (Å²) in [6.45, 7) is 4.99. The predicted octanol–water partition coefficient (Wildman–Crippen LogP) is 2.97. The lowest BCUT2D eigenvalue weighted by molar-refractivity contribution is -0.130. The molecule has 1 amide bonds. The van der Waals surface area contributed by atoms with Gasteiger partial charge in [-0.2, -0.15) is 0 Å². The second-order valence-corrected chi connectivity index (χ2v) is 4.69. The van der Waals surface area contributed by atoms with Crippen LogP contribution >= 0.6 is 0 Å². The molecule has 1 N–H and O–H groups in total. The number of anilines is 1. The molecule has 3 heteroatoms. The molecule has 1 aliphatic heterocycles. The number of hydrogen-bond acceptors (Lipinski definition) is 2. The molecule has 0 radical (unpaired) electrons. The van der Waals surface area contributed by atoms with E-state index in [1.54, 1.807) is 5.01 Å². The van der Waals surface area contributed by atoms with Gasteiger partial charge in [-0.15, -0.1) is 0 Å². The van der Waals surface area contributed by atoms with Gasteiger partial charge in [-0.1, -0.05) is 31.5 Å².